The maximum absolute atomic E-state index is 13.0. The quantitative estimate of drug-likeness (QED) is 0.731. The number of benzene rings is 1. The van der Waals surface area contributed by atoms with Gasteiger partial charge in [-0.1, -0.05) is 17.7 Å². The van der Waals surface area contributed by atoms with Gasteiger partial charge in [-0.25, -0.2) is 8.42 Å². The summed E-state index contributed by atoms with van der Waals surface area (Å²) in [4.78, 5) is 13.9. The van der Waals surface area contributed by atoms with Gasteiger partial charge in [0.15, 0.2) is 0 Å². The Bertz CT molecular complexity index is 809. The standard InChI is InChI=1S/C18H25F3N2O4S/c1-12-9-13(2)16(14(3)10-12)28(25,26)23-7-5-22(6-8-23)17(24)15(4)27-11-18(19,20)21/h9-10,15H,5-8,11H2,1-4H3. The van der Waals surface area contributed by atoms with Gasteiger partial charge in [0, 0.05) is 26.2 Å². The minimum atomic E-state index is -4.51. The van der Waals surface area contributed by atoms with Gasteiger partial charge in [0.1, 0.15) is 12.7 Å². The molecule has 0 aromatic heterocycles. The molecule has 1 fully saturated rings. The Labute approximate surface area is 163 Å². The summed E-state index contributed by atoms with van der Waals surface area (Å²) >= 11 is 0. The van der Waals surface area contributed by atoms with Crippen molar-refractivity contribution in [2.24, 2.45) is 0 Å². The Morgan fingerprint density at radius 1 is 1.11 bits per heavy atom. The highest BCUT2D eigenvalue weighted by atomic mass is 32.2. The Hall–Kier alpha value is -1.65. The molecule has 0 saturated carbocycles. The number of halogens is 3. The number of aryl methyl sites for hydroxylation is 3. The lowest BCUT2D eigenvalue weighted by atomic mass is 10.1. The second-order valence-electron chi connectivity index (χ2n) is 7.03. The third-order valence-electron chi connectivity index (χ3n) is 4.60. The number of carbonyl (C=O) groups excluding carboxylic acids is 1. The van der Waals surface area contributed by atoms with Crippen LogP contribution in [0.3, 0.4) is 0 Å². The van der Waals surface area contributed by atoms with Crippen molar-refractivity contribution in [3.05, 3.63) is 28.8 Å². The van der Waals surface area contributed by atoms with Crippen LogP contribution in [0, 0.1) is 20.8 Å². The normalized spacial score (nSPS) is 17.6. The number of alkyl halides is 3. The zero-order valence-electron chi connectivity index (χ0n) is 16.3. The second kappa shape index (κ2) is 8.38. The fourth-order valence-electron chi connectivity index (χ4n) is 3.40. The summed E-state index contributed by atoms with van der Waals surface area (Å²) in [6, 6.07) is 3.61. The number of sulfonamides is 1. The van der Waals surface area contributed by atoms with E-state index in [4.69, 9.17) is 0 Å². The molecular weight excluding hydrogens is 397 g/mol. The van der Waals surface area contributed by atoms with Crippen molar-refractivity contribution < 1.29 is 31.1 Å². The highest BCUT2D eigenvalue weighted by Crippen LogP contribution is 2.26. The maximum atomic E-state index is 13.0. The SMILES string of the molecule is Cc1cc(C)c(S(=O)(=O)N2CCN(C(=O)C(C)OCC(F)(F)F)CC2)c(C)c1. The van der Waals surface area contributed by atoms with Crippen molar-refractivity contribution in [1.29, 1.82) is 0 Å². The molecule has 0 bridgehead atoms. The molecule has 1 amide bonds. The average molecular weight is 422 g/mol. The summed E-state index contributed by atoms with van der Waals surface area (Å²) < 4.78 is 68.7. The molecule has 158 valence electrons. The molecule has 10 heteroatoms. The molecule has 1 saturated heterocycles. The minimum absolute atomic E-state index is 0.0762. The zero-order valence-corrected chi connectivity index (χ0v) is 17.2. The molecule has 1 atom stereocenters. The first-order valence-corrected chi connectivity index (χ1v) is 10.3. The number of amides is 1. The van der Waals surface area contributed by atoms with Crippen LogP contribution in [-0.4, -0.2) is 68.6 Å². The van der Waals surface area contributed by atoms with E-state index in [0.29, 0.717) is 11.1 Å². The molecule has 0 aliphatic carbocycles. The fraction of sp³-hybridized carbons (Fsp3) is 0.611. The van der Waals surface area contributed by atoms with Crippen LogP contribution in [0.2, 0.25) is 0 Å². The molecule has 1 aliphatic heterocycles. The Kier molecular flexibility index (Phi) is 6.78. The van der Waals surface area contributed by atoms with Crippen molar-refractivity contribution in [3.8, 4) is 0 Å². The van der Waals surface area contributed by atoms with Gasteiger partial charge in [0.05, 0.1) is 4.90 Å². The Morgan fingerprint density at radius 2 is 1.61 bits per heavy atom. The highest BCUT2D eigenvalue weighted by molar-refractivity contribution is 7.89. The van der Waals surface area contributed by atoms with E-state index in [1.807, 2.05) is 6.92 Å². The molecule has 0 spiro atoms. The van der Waals surface area contributed by atoms with Crippen LogP contribution in [-0.2, 0) is 19.6 Å². The molecule has 1 unspecified atom stereocenters. The van der Waals surface area contributed by atoms with Crippen LogP contribution >= 0.6 is 0 Å². The van der Waals surface area contributed by atoms with Gasteiger partial charge in [-0.3, -0.25) is 4.79 Å². The largest absolute Gasteiger partial charge is 0.411 e. The first kappa shape index (κ1) is 22.6. The third-order valence-corrected chi connectivity index (χ3v) is 6.80. The van der Waals surface area contributed by atoms with Crippen LogP contribution in [0.15, 0.2) is 17.0 Å². The number of hydrogen-bond donors (Lipinski definition) is 0. The molecule has 1 heterocycles. The van der Waals surface area contributed by atoms with Gasteiger partial charge >= 0.3 is 6.18 Å². The minimum Gasteiger partial charge on any atom is -0.359 e. The summed E-state index contributed by atoms with van der Waals surface area (Å²) in [5, 5.41) is 0. The number of rotatable bonds is 5. The molecule has 2 rings (SSSR count). The predicted molar refractivity (Wildman–Crippen MR) is 97.5 cm³/mol. The molecular formula is C18H25F3N2O4S. The van der Waals surface area contributed by atoms with E-state index in [0.717, 1.165) is 5.56 Å². The van der Waals surface area contributed by atoms with E-state index in [1.165, 1.54) is 16.1 Å². The van der Waals surface area contributed by atoms with Crippen LogP contribution in [0.25, 0.3) is 0 Å². The van der Waals surface area contributed by atoms with Crippen LogP contribution in [0.4, 0.5) is 13.2 Å². The van der Waals surface area contributed by atoms with Gasteiger partial charge < -0.3 is 9.64 Å². The highest BCUT2D eigenvalue weighted by Gasteiger charge is 2.35. The summed E-state index contributed by atoms with van der Waals surface area (Å²) in [6.45, 7) is 5.49. The maximum Gasteiger partial charge on any atom is 0.411 e. The molecule has 6 nitrogen and oxygen atoms in total. The van der Waals surface area contributed by atoms with Crippen LogP contribution in [0.5, 0.6) is 0 Å². The van der Waals surface area contributed by atoms with E-state index in [9.17, 15) is 26.4 Å². The van der Waals surface area contributed by atoms with Crippen molar-refractivity contribution in [1.82, 2.24) is 9.21 Å². The van der Waals surface area contributed by atoms with Gasteiger partial charge in [-0.2, -0.15) is 17.5 Å². The summed E-state index contributed by atoms with van der Waals surface area (Å²) in [5.74, 6) is -0.580. The van der Waals surface area contributed by atoms with Crippen molar-refractivity contribution in [2.45, 2.75) is 44.9 Å². The van der Waals surface area contributed by atoms with Crippen molar-refractivity contribution >= 4 is 15.9 Å². The lowest BCUT2D eigenvalue weighted by Crippen LogP contribution is -2.53. The predicted octanol–water partition coefficient (Wildman–Crippen LogP) is 2.41. The zero-order chi connectivity index (χ0) is 21.3. The molecule has 28 heavy (non-hydrogen) atoms. The number of carbonyl (C=O) groups is 1. The van der Waals surface area contributed by atoms with Crippen LogP contribution in [0.1, 0.15) is 23.6 Å². The lowest BCUT2D eigenvalue weighted by Gasteiger charge is -2.35. The molecule has 1 aliphatic rings. The van der Waals surface area contributed by atoms with E-state index >= 15 is 0 Å². The number of nitrogens with zero attached hydrogens (tertiary/aromatic N) is 2. The summed E-state index contributed by atoms with van der Waals surface area (Å²) in [5.41, 5.74) is 2.28. The second-order valence-corrected chi connectivity index (χ2v) is 8.90. The first-order chi connectivity index (χ1) is 12.8. The van der Waals surface area contributed by atoms with Gasteiger partial charge in [-0.05, 0) is 38.8 Å². The van der Waals surface area contributed by atoms with E-state index < -0.39 is 34.8 Å². The lowest BCUT2D eigenvalue weighted by molar-refractivity contribution is -0.188. The first-order valence-electron chi connectivity index (χ1n) is 8.88. The van der Waals surface area contributed by atoms with Gasteiger partial charge in [0.2, 0.25) is 10.0 Å². The van der Waals surface area contributed by atoms with E-state index in [1.54, 1.807) is 26.0 Å². The number of ether oxygens (including phenoxy) is 1. The Morgan fingerprint density at radius 3 is 2.07 bits per heavy atom. The topological polar surface area (TPSA) is 66.9 Å². The summed E-state index contributed by atoms with van der Waals surface area (Å²) in [7, 11) is -3.72. The fourth-order valence-corrected chi connectivity index (χ4v) is 5.23. The average Bonchev–Trinajstić information content (AvgIpc) is 2.57. The van der Waals surface area contributed by atoms with E-state index in [2.05, 4.69) is 4.74 Å². The third kappa shape index (κ3) is 5.24. The van der Waals surface area contributed by atoms with Crippen molar-refractivity contribution in [3.63, 3.8) is 0 Å². The monoisotopic (exact) mass is 422 g/mol. The molecule has 0 N–H and O–H groups in total. The van der Waals surface area contributed by atoms with Crippen molar-refractivity contribution in [2.75, 3.05) is 32.8 Å². The molecule has 1 aromatic rings. The van der Waals surface area contributed by atoms with Gasteiger partial charge in [-0.15, -0.1) is 0 Å². The number of hydrogen-bond acceptors (Lipinski definition) is 4. The summed E-state index contributed by atoms with van der Waals surface area (Å²) in [6.07, 6.45) is -5.75. The smallest absolute Gasteiger partial charge is 0.359 e. The number of piperazine rings is 1. The van der Waals surface area contributed by atoms with Gasteiger partial charge in [0.25, 0.3) is 5.91 Å². The molecule has 1 aromatic carbocycles. The Balaban J connectivity index is 2.04. The van der Waals surface area contributed by atoms with E-state index in [-0.39, 0.29) is 31.1 Å². The molecule has 0 radical (unpaired) electrons. The van der Waals surface area contributed by atoms with Crippen LogP contribution < -0.4 is 0 Å².